The Kier molecular flexibility index (Phi) is 45.1. The van der Waals surface area contributed by atoms with Crippen LogP contribution in [0.1, 0.15) is 219 Å². The second kappa shape index (κ2) is 44.4. The van der Waals surface area contributed by atoms with Crippen LogP contribution < -0.4 is 0 Å². The summed E-state index contributed by atoms with van der Waals surface area (Å²) in [5.74, 6) is -0.271. The predicted octanol–water partition coefficient (Wildman–Crippen LogP) is 11.3. The molecule has 0 spiro atoms. The van der Waals surface area contributed by atoms with Crippen molar-refractivity contribution >= 4 is 22.3 Å². The number of carbonyl (C=O) groups is 2. The summed E-state index contributed by atoms with van der Waals surface area (Å²) in [7, 11) is -3.29. The smallest absolute Gasteiger partial charge is 0.397 e. The van der Waals surface area contributed by atoms with Crippen molar-refractivity contribution in [3.8, 4) is 0 Å². The second-order valence-electron chi connectivity index (χ2n) is 15.0. The Labute approximate surface area is 333 Å². The fraction of sp³-hybridized carbons (Fsp3) is 0.953. The highest BCUT2D eigenvalue weighted by atomic mass is 32.3. The molecule has 0 fully saturated rings. The Bertz CT molecular complexity index is 836. The van der Waals surface area contributed by atoms with Crippen molar-refractivity contribution < 1.29 is 41.3 Å². The van der Waals surface area contributed by atoms with E-state index >= 15 is 0 Å². The van der Waals surface area contributed by atoms with Gasteiger partial charge in [0.15, 0.2) is 0 Å². The van der Waals surface area contributed by atoms with Crippen LogP contribution in [0.25, 0.3) is 0 Å². The molecule has 0 unspecified atom stereocenters. The third-order valence-corrected chi connectivity index (χ3v) is 10.4. The Morgan fingerprint density at radius 3 is 0.926 bits per heavy atom. The van der Waals surface area contributed by atoms with E-state index in [0.717, 1.165) is 32.8 Å². The Hall–Kier alpha value is -1.27. The fourth-order valence-corrected chi connectivity index (χ4v) is 6.48. The first-order valence-electron chi connectivity index (χ1n) is 22.4. The summed E-state index contributed by atoms with van der Waals surface area (Å²) in [5.41, 5.74) is 0. The van der Waals surface area contributed by atoms with Crippen molar-refractivity contribution in [3.63, 3.8) is 0 Å². The normalized spacial score (nSPS) is 11.4. The number of hydrogen-bond donors (Lipinski definition) is 2. The van der Waals surface area contributed by atoms with Gasteiger partial charge < -0.3 is 14.6 Å². The third kappa shape index (κ3) is 48.7. The first kappa shape index (κ1) is 54.8. The number of rotatable bonds is 41. The van der Waals surface area contributed by atoms with Gasteiger partial charge in [-0.25, -0.2) is 0 Å². The van der Waals surface area contributed by atoms with Gasteiger partial charge >= 0.3 is 22.3 Å². The molecule has 2 N–H and O–H groups in total. The molecule has 0 radical (unpaired) electrons. The molecule has 0 aromatic carbocycles. The van der Waals surface area contributed by atoms with Crippen molar-refractivity contribution in [3.05, 3.63) is 0 Å². The van der Waals surface area contributed by atoms with E-state index in [9.17, 15) is 23.1 Å². The van der Waals surface area contributed by atoms with Crippen LogP contribution in [0.5, 0.6) is 0 Å². The van der Waals surface area contributed by atoms with Crippen molar-refractivity contribution in [2.75, 3.05) is 46.6 Å². The zero-order valence-electron chi connectivity index (χ0n) is 35.5. The van der Waals surface area contributed by atoms with Crippen LogP contribution in [0.2, 0.25) is 0 Å². The lowest BCUT2D eigenvalue weighted by Crippen LogP contribution is -2.34. The van der Waals surface area contributed by atoms with E-state index in [-0.39, 0.29) is 18.5 Å². The third-order valence-electron chi connectivity index (χ3n) is 9.94. The maximum atomic E-state index is 12.1. The van der Waals surface area contributed by atoms with Crippen LogP contribution in [0.4, 0.5) is 0 Å². The van der Waals surface area contributed by atoms with E-state index in [1.807, 2.05) is 4.90 Å². The Balaban J connectivity index is 0. The zero-order valence-corrected chi connectivity index (χ0v) is 36.3. The maximum absolute atomic E-state index is 12.1. The summed E-state index contributed by atoms with van der Waals surface area (Å²) >= 11 is 0. The molecule has 0 aliphatic carbocycles. The molecule has 0 aromatic heterocycles. The van der Waals surface area contributed by atoms with Gasteiger partial charge in [-0.1, -0.05) is 194 Å². The number of ether oxygens (including phenoxy) is 2. The number of carbonyl (C=O) groups excluding carboxylic acids is 2. The summed E-state index contributed by atoms with van der Waals surface area (Å²) in [6.45, 7) is 6.76. The lowest BCUT2D eigenvalue weighted by Gasteiger charge is -2.20. The van der Waals surface area contributed by atoms with Crippen LogP contribution in [0, 0.1) is 0 Å². The molecule has 0 aliphatic heterocycles. The van der Waals surface area contributed by atoms with Gasteiger partial charge in [0.05, 0.1) is 13.7 Å². The lowest BCUT2D eigenvalue weighted by atomic mass is 10.0. The molecule has 0 aliphatic rings. The molecule has 0 heterocycles. The fourth-order valence-electron chi connectivity index (χ4n) is 6.48. The number of esters is 2. The number of nitrogens with zero attached hydrogens (tertiary/aromatic N) is 1. The number of aliphatic hydroxyl groups is 1. The van der Waals surface area contributed by atoms with Crippen molar-refractivity contribution in [2.24, 2.45) is 0 Å². The van der Waals surface area contributed by atoms with Crippen LogP contribution in [0.3, 0.4) is 0 Å². The molecule has 54 heavy (non-hydrogen) atoms. The Morgan fingerprint density at radius 2 is 0.704 bits per heavy atom. The lowest BCUT2D eigenvalue weighted by molar-refractivity contribution is -0.144. The summed E-state index contributed by atoms with van der Waals surface area (Å²) in [6, 6.07) is 0. The van der Waals surface area contributed by atoms with E-state index in [1.54, 1.807) is 0 Å². The summed E-state index contributed by atoms with van der Waals surface area (Å²) in [4.78, 5) is 26.3. The van der Waals surface area contributed by atoms with Gasteiger partial charge in [0.25, 0.3) is 0 Å². The molecule has 10 nitrogen and oxygen atoms in total. The minimum Gasteiger partial charge on any atom is -0.464 e. The van der Waals surface area contributed by atoms with Crippen LogP contribution in [-0.4, -0.2) is 81.5 Å². The minimum absolute atomic E-state index is 0.0279. The van der Waals surface area contributed by atoms with E-state index in [0.29, 0.717) is 45.7 Å². The second-order valence-corrected chi connectivity index (χ2v) is 16.2. The van der Waals surface area contributed by atoms with Gasteiger partial charge in [-0.3, -0.25) is 23.2 Å². The van der Waals surface area contributed by atoms with Crippen LogP contribution in [0.15, 0.2) is 0 Å². The summed E-state index contributed by atoms with van der Waals surface area (Å²) in [6.07, 6.45) is 40.3. The van der Waals surface area contributed by atoms with Gasteiger partial charge in [0.1, 0.15) is 13.2 Å². The molecule has 0 atom stereocenters. The summed E-state index contributed by atoms with van der Waals surface area (Å²) < 4.78 is 40.6. The topological polar surface area (TPSA) is 140 Å². The quantitative estimate of drug-likeness (QED) is 0.0349. The van der Waals surface area contributed by atoms with E-state index in [1.165, 1.54) is 167 Å². The molecule has 0 bridgehead atoms. The molecular formula is C43H87NO9S. The highest BCUT2D eigenvalue weighted by molar-refractivity contribution is 7.80. The van der Waals surface area contributed by atoms with Gasteiger partial charge in [-0.15, -0.1) is 0 Å². The molecular weight excluding hydrogens is 707 g/mol. The molecule has 0 aromatic rings. The van der Waals surface area contributed by atoms with Gasteiger partial charge in [-0.05, 0) is 12.8 Å². The zero-order chi connectivity index (χ0) is 40.2. The standard InChI is InChI=1S/C42H83NO5.CH4O4S/c1-3-5-7-9-11-13-15-17-19-21-23-25-27-29-31-33-41(45)47-39-36-43(35-38-44)37-40-48-42(46)34-32-30-28-26-24-22-20-18-16-14-12-10-8-6-4-2;1-5-6(2,3)4/h44H,3-40H2,1-2H3;1H3,(H,2,3,4). The van der Waals surface area contributed by atoms with Gasteiger partial charge in [0.2, 0.25) is 0 Å². The molecule has 11 heteroatoms. The summed E-state index contributed by atoms with van der Waals surface area (Å²) in [5, 5.41) is 9.40. The monoisotopic (exact) mass is 794 g/mol. The Morgan fingerprint density at radius 1 is 0.463 bits per heavy atom. The van der Waals surface area contributed by atoms with Crippen LogP contribution >= 0.6 is 0 Å². The largest absolute Gasteiger partial charge is 0.464 e. The molecule has 0 saturated carbocycles. The molecule has 324 valence electrons. The van der Waals surface area contributed by atoms with E-state index in [4.69, 9.17) is 14.0 Å². The van der Waals surface area contributed by atoms with Crippen LogP contribution in [-0.2, 0) is 33.6 Å². The van der Waals surface area contributed by atoms with Crippen molar-refractivity contribution in [1.29, 1.82) is 0 Å². The average Bonchev–Trinajstić information content (AvgIpc) is 3.14. The molecule has 0 amide bonds. The molecule has 0 saturated heterocycles. The first-order valence-corrected chi connectivity index (χ1v) is 23.7. The SMILES string of the molecule is CCCCCCCCCCCCCCCCCC(=O)OCCN(CCO)CCOC(=O)CCCCCCCCCCCCCCCCC.COS(=O)(=O)O. The first-order chi connectivity index (χ1) is 26.2. The van der Waals surface area contributed by atoms with E-state index in [2.05, 4.69) is 18.0 Å². The predicted molar refractivity (Wildman–Crippen MR) is 223 cm³/mol. The van der Waals surface area contributed by atoms with Gasteiger partial charge in [-0.2, -0.15) is 8.42 Å². The average molecular weight is 794 g/mol. The number of hydrogen-bond acceptors (Lipinski definition) is 9. The maximum Gasteiger partial charge on any atom is 0.397 e. The molecule has 0 rings (SSSR count). The highest BCUT2D eigenvalue weighted by Crippen LogP contribution is 2.15. The highest BCUT2D eigenvalue weighted by Gasteiger charge is 2.09. The number of unbranched alkanes of at least 4 members (excludes halogenated alkanes) is 28. The minimum atomic E-state index is -4.16. The van der Waals surface area contributed by atoms with Crippen molar-refractivity contribution in [1.82, 2.24) is 4.90 Å². The number of aliphatic hydroxyl groups excluding tert-OH is 1. The van der Waals surface area contributed by atoms with E-state index < -0.39 is 10.4 Å². The van der Waals surface area contributed by atoms with Gasteiger partial charge in [0, 0.05) is 32.5 Å². The van der Waals surface area contributed by atoms with Crippen molar-refractivity contribution in [2.45, 2.75) is 219 Å².